The van der Waals surface area contributed by atoms with Crippen molar-refractivity contribution in [1.29, 1.82) is 0 Å². The van der Waals surface area contributed by atoms with E-state index in [1.54, 1.807) is 6.92 Å². The van der Waals surface area contributed by atoms with Gasteiger partial charge in [0.15, 0.2) is 0 Å². The van der Waals surface area contributed by atoms with Gasteiger partial charge in [-0.25, -0.2) is 24.4 Å². The van der Waals surface area contributed by atoms with Gasteiger partial charge >= 0.3 is 11.4 Å². The Kier molecular flexibility index (Phi) is 2.97. The van der Waals surface area contributed by atoms with E-state index in [-0.39, 0.29) is 6.04 Å². The molecule has 1 unspecified atom stereocenters. The first kappa shape index (κ1) is 11.4. The van der Waals surface area contributed by atoms with E-state index < -0.39 is 11.4 Å². The van der Waals surface area contributed by atoms with E-state index in [1.165, 1.54) is 0 Å². The fourth-order valence-electron chi connectivity index (χ4n) is 1.75. The van der Waals surface area contributed by atoms with Crippen molar-refractivity contribution in [2.75, 3.05) is 0 Å². The van der Waals surface area contributed by atoms with Gasteiger partial charge < -0.3 is 5.73 Å². The van der Waals surface area contributed by atoms with Crippen molar-refractivity contribution >= 4 is 0 Å². The lowest BCUT2D eigenvalue weighted by atomic mass is 10.1. The second-order valence-corrected chi connectivity index (χ2v) is 3.85. The molecule has 0 amide bonds. The lowest BCUT2D eigenvalue weighted by Crippen LogP contribution is -2.30. The quantitative estimate of drug-likeness (QED) is 0.693. The molecule has 1 aromatic carbocycles. The van der Waals surface area contributed by atoms with Gasteiger partial charge in [-0.05, 0) is 18.1 Å². The van der Waals surface area contributed by atoms with Gasteiger partial charge in [0, 0.05) is 6.54 Å². The number of H-pyrrole nitrogens is 2. The first-order chi connectivity index (χ1) is 8.13. The first-order valence-corrected chi connectivity index (χ1v) is 5.31. The Morgan fingerprint density at radius 3 is 2.18 bits per heavy atom. The van der Waals surface area contributed by atoms with Crippen LogP contribution in [0.5, 0.6) is 0 Å². The van der Waals surface area contributed by atoms with Gasteiger partial charge in [-0.15, -0.1) is 0 Å². The summed E-state index contributed by atoms with van der Waals surface area (Å²) in [6.07, 6.45) is 0. The molecular weight excluding hydrogens is 220 g/mol. The van der Waals surface area contributed by atoms with Gasteiger partial charge in [0.05, 0.1) is 6.04 Å². The van der Waals surface area contributed by atoms with Gasteiger partial charge in [-0.1, -0.05) is 24.3 Å². The summed E-state index contributed by atoms with van der Waals surface area (Å²) in [5.74, 6) is 0. The van der Waals surface area contributed by atoms with Crippen LogP contribution < -0.4 is 17.1 Å². The largest absolute Gasteiger partial charge is 0.344 e. The highest BCUT2D eigenvalue weighted by atomic mass is 16.2. The fraction of sp³-hybridized carbons (Fsp3) is 0.273. The molecule has 6 heteroatoms. The number of nitrogens with two attached hydrogens (primary N) is 1. The van der Waals surface area contributed by atoms with E-state index in [0.29, 0.717) is 6.54 Å². The molecule has 0 spiro atoms. The molecule has 2 rings (SSSR count). The number of rotatable bonds is 3. The monoisotopic (exact) mass is 234 g/mol. The first-order valence-electron chi connectivity index (χ1n) is 5.31. The molecule has 0 aliphatic heterocycles. The van der Waals surface area contributed by atoms with Gasteiger partial charge in [-0.2, -0.15) is 0 Å². The number of nitrogens with one attached hydrogen (secondary N) is 2. The zero-order valence-corrected chi connectivity index (χ0v) is 9.43. The van der Waals surface area contributed by atoms with Crippen LogP contribution in [0.15, 0.2) is 33.9 Å². The van der Waals surface area contributed by atoms with Crippen LogP contribution in [0.4, 0.5) is 0 Å². The molecule has 6 nitrogen and oxygen atoms in total. The molecule has 0 aliphatic carbocycles. The second kappa shape index (κ2) is 4.42. The predicted octanol–water partition coefficient (Wildman–Crippen LogP) is -0.0673. The molecule has 0 saturated carbocycles. The number of hydrogen-bond acceptors (Lipinski definition) is 3. The zero-order valence-electron chi connectivity index (χ0n) is 9.43. The zero-order chi connectivity index (χ0) is 12.4. The maximum absolute atomic E-state index is 11.4. The Labute approximate surface area is 97.1 Å². The molecule has 1 atom stereocenters. The number of benzene rings is 1. The normalized spacial score (nSPS) is 12.6. The van der Waals surface area contributed by atoms with Crippen LogP contribution in [0.3, 0.4) is 0 Å². The summed E-state index contributed by atoms with van der Waals surface area (Å²) in [4.78, 5) is 22.9. The number of hydrogen-bond donors (Lipinski definition) is 3. The van der Waals surface area contributed by atoms with Crippen molar-refractivity contribution in [2.24, 2.45) is 5.73 Å². The molecule has 0 bridgehead atoms. The third-order valence-corrected chi connectivity index (χ3v) is 2.80. The summed E-state index contributed by atoms with van der Waals surface area (Å²) in [5.41, 5.74) is 6.52. The van der Waals surface area contributed by atoms with Crippen LogP contribution in [-0.2, 0) is 6.54 Å². The maximum atomic E-state index is 11.4. The SMILES string of the molecule is CC(c1ccc(CN)cc1)n1c(=O)[nH][nH]c1=O. The van der Waals surface area contributed by atoms with Gasteiger partial charge in [0.2, 0.25) is 0 Å². The van der Waals surface area contributed by atoms with Crippen molar-refractivity contribution in [1.82, 2.24) is 14.8 Å². The fourth-order valence-corrected chi connectivity index (χ4v) is 1.75. The van der Waals surface area contributed by atoms with Crippen LogP contribution in [0.2, 0.25) is 0 Å². The second-order valence-electron chi connectivity index (χ2n) is 3.85. The van der Waals surface area contributed by atoms with Crippen LogP contribution in [0.25, 0.3) is 0 Å². The standard InChI is InChI=1S/C11H14N4O2/c1-7(15-10(16)13-14-11(15)17)9-4-2-8(6-12)3-5-9/h2-5,7H,6,12H2,1H3,(H,13,16)(H,14,17). The summed E-state index contributed by atoms with van der Waals surface area (Å²) in [7, 11) is 0. The Hall–Kier alpha value is -2.08. The maximum Gasteiger partial charge on any atom is 0.344 e. The van der Waals surface area contributed by atoms with Gasteiger partial charge in [0.25, 0.3) is 0 Å². The molecule has 0 aliphatic rings. The van der Waals surface area contributed by atoms with Crippen LogP contribution in [-0.4, -0.2) is 14.8 Å². The molecule has 1 aromatic heterocycles. The van der Waals surface area contributed by atoms with Crippen LogP contribution >= 0.6 is 0 Å². The molecule has 0 fully saturated rings. The number of aromatic amines is 2. The molecule has 4 N–H and O–H groups in total. The number of nitrogens with zero attached hydrogens (tertiary/aromatic N) is 1. The highest BCUT2D eigenvalue weighted by Crippen LogP contribution is 2.14. The average molecular weight is 234 g/mol. The third kappa shape index (κ3) is 2.07. The van der Waals surface area contributed by atoms with Crippen LogP contribution in [0.1, 0.15) is 24.1 Å². The minimum atomic E-state index is -0.439. The van der Waals surface area contributed by atoms with Crippen LogP contribution in [0, 0.1) is 0 Å². The molecular formula is C11H14N4O2. The average Bonchev–Trinajstić information content (AvgIpc) is 2.68. The lowest BCUT2D eigenvalue weighted by Gasteiger charge is -2.11. The van der Waals surface area contributed by atoms with Gasteiger partial charge in [-0.3, -0.25) is 0 Å². The highest BCUT2D eigenvalue weighted by Gasteiger charge is 2.13. The minimum absolute atomic E-state index is 0.315. The van der Waals surface area contributed by atoms with E-state index in [4.69, 9.17) is 5.73 Å². The highest BCUT2D eigenvalue weighted by molar-refractivity contribution is 5.25. The molecule has 1 heterocycles. The van der Waals surface area contributed by atoms with E-state index in [1.807, 2.05) is 24.3 Å². The number of aromatic nitrogens is 3. The Morgan fingerprint density at radius 2 is 1.71 bits per heavy atom. The van der Waals surface area contributed by atoms with Crippen molar-refractivity contribution in [3.63, 3.8) is 0 Å². The molecule has 90 valence electrons. The Morgan fingerprint density at radius 1 is 1.18 bits per heavy atom. The summed E-state index contributed by atoms with van der Waals surface area (Å²) < 4.78 is 1.14. The molecule has 0 saturated heterocycles. The topological polar surface area (TPSA) is 96.7 Å². The third-order valence-electron chi connectivity index (χ3n) is 2.80. The summed E-state index contributed by atoms with van der Waals surface area (Å²) in [6.45, 7) is 2.27. The van der Waals surface area contributed by atoms with Gasteiger partial charge in [0.1, 0.15) is 0 Å². The molecule has 0 radical (unpaired) electrons. The minimum Gasteiger partial charge on any atom is -0.326 e. The summed E-state index contributed by atoms with van der Waals surface area (Å²) >= 11 is 0. The Balaban J connectivity index is 2.40. The summed E-state index contributed by atoms with van der Waals surface area (Å²) in [6, 6.07) is 7.19. The van der Waals surface area contributed by atoms with Crippen molar-refractivity contribution in [2.45, 2.75) is 19.5 Å². The van der Waals surface area contributed by atoms with Crippen molar-refractivity contribution in [3.05, 3.63) is 56.4 Å². The predicted molar refractivity (Wildman–Crippen MR) is 63.8 cm³/mol. The molecule has 2 aromatic rings. The van der Waals surface area contributed by atoms with E-state index >= 15 is 0 Å². The summed E-state index contributed by atoms with van der Waals surface area (Å²) in [5, 5.41) is 4.52. The van der Waals surface area contributed by atoms with Crippen molar-refractivity contribution in [3.8, 4) is 0 Å². The van der Waals surface area contributed by atoms with Crippen molar-refractivity contribution < 1.29 is 0 Å². The smallest absolute Gasteiger partial charge is 0.326 e. The van der Waals surface area contributed by atoms with E-state index in [9.17, 15) is 9.59 Å². The van der Waals surface area contributed by atoms with E-state index in [0.717, 1.165) is 15.7 Å². The Bertz CT molecular complexity index is 578. The lowest BCUT2D eigenvalue weighted by molar-refractivity contribution is 0.597. The van der Waals surface area contributed by atoms with E-state index in [2.05, 4.69) is 10.2 Å². The molecule has 17 heavy (non-hydrogen) atoms.